The molecule has 8 heteroatoms. The average molecular weight is 239 g/mol. The van der Waals surface area contributed by atoms with E-state index in [-0.39, 0.29) is 12.3 Å². The third kappa shape index (κ3) is 6.22. The van der Waals surface area contributed by atoms with Gasteiger partial charge in [0, 0.05) is 12.3 Å². The smallest absolute Gasteiger partial charge is 0.327 e. The van der Waals surface area contributed by atoms with Gasteiger partial charge < -0.3 is 14.8 Å². The van der Waals surface area contributed by atoms with Gasteiger partial charge in [-0.25, -0.2) is 0 Å². The van der Waals surface area contributed by atoms with Crippen molar-refractivity contribution < 1.29 is 29.0 Å². The summed E-state index contributed by atoms with van der Waals surface area (Å²) in [5, 5.41) is 8.32. The lowest BCUT2D eigenvalue weighted by atomic mass is 10.2. The van der Waals surface area contributed by atoms with Crippen LogP contribution in [0.25, 0.3) is 0 Å². The molecule has 4 N–H and O–H groups in total. The highest BCUT2D eigenvalue weighted by Gasteiger charge is 2.27. The van der Waals surface area contributed by atoms with Crippen LogP contribution in [0.4, 0.5) is 0 Å². The van der Waals surface area contributed by atoms with E-state index in [0.29, 0.717) is 0 Å². The second-order valence-corrected chi connectivity index (χ2v) is 5.74. The molecule has 0 aromatic carbocycles. The largest absolute Gasteiger partial charge is 0.481 e. The Morgan fingerprint density at radius 2 is 2.07 bits per heavy atom. The molecule has 2 atom stereocenters. The molecule has 0 aliphatic rings. The second-order valence-electron chi connectivity index (χ2n) is 3.23. The molecule has 0 radical (unpaired) electrons. The van der Waals surface area contributed by atoms with E-state index in [0.717, 1.165) is 0 Å². The standard InChI is InChI=1S/C7H14NO6P/c1-5(7(11)14-8)4-15(12,13)3-2-6(9)10/h5H,2-4,8H2,1H3,(H,9,10)(H,12,13). The number of nitrogens with two attached hydrogens (primary N) is 1. The molecule has 0 fully saturated rings. The van der Waals surface area contributed by atoms with Crippen LogP contribution in [-0.4, -0.2) is 34.3 Å². The summed E-state index contributed by atoms with van der Waals surface area (Å²) in [6.45, 7) is 1.39. The number of aliphatic carboxylic acids is 1. The molecule has 0 spiro atoms. The molecule has 0 aliphatic carbocycles. The van der Waals surface area contributed by atoms with Crippen molar-refractivity contribution in [3.8, 4) is 0 Å². The minimum absolute atomic E-state index is 0.323. The van der Waals surface area contributed by atoms with Gasteiger partial charge >= 0.3 is 11.9 Å². The van der Waals surface area contributed by atoms with Gasteiger partial charge in [0.1, 0.15) is 0 Å². The lowest BCUT2D eigenvalue weighted by Gasteiger charge is -2.13. The van der Waals surface area contributed by atoms with Crippen molar-refractivity contribution in [2.24, 2.45) is 11.8 Å². The summed E-state index contributed by atoms with van der Waals surface area (Å²) < 4.78 is 11.4. The minimum Gasteiger partial charge on any atom is -0.481 e. The van der Waals surface area contributed by atoms with Gasteiger partial charge in [0.05, 0.1) is 12.3 Å². The van der Waals surface area contributed by atoms with Crippen LogP contribution in [0.3, 0.4) is 0 Å². The second kappa shape index (κ2) is 5.85. The fraction of sp³-hybridized carbons (Fsp3) is 0.714. The van der Waals surface area contributed by atoms with Crippen LogP contribution < -0.4 is 5.90 Å². The number of hydrogen-bond donors (Lipinski definition) is 3. The normalized spacial score (nSPS) is 16.5. The van der Waals surface area contributed by atoms with E-state index in [1.807, 2.05) is 0 Å². The van der Waals surface area contributed by atoms with Crippen molar-refractivity contribution in [3.05, 3.63) is 0 Å². The topological polar surface area (TPSA) is 127 Å². The fourth-order valence-electron chi connectivity index (χ4n) is 0.980. The zero-order valence-corrected chi connectivity index (χ0v) is 9.15. The molecule has 7 nitrogen and oxygen atoms in total. The van der Waals surface area contributed by atoms with E-state index >= 15 is 0 Å². The zero-order valence-electron chi connectivity index (χ0n) is 8.25. The van der Waals surface area contributed by atoms with Gasteiger partial charge in [-0.3, -0.25) is 14.2 Å². The molecular weight excluding hydrogens is 225 g/mol. The monoisotopic (exact) mass is 239 g/mol. The van der Waals surface area contributed by atoms with Crippen molar-refractivity contribution in [2.75, 3.05) is 12.3 Å². The third-order valence-corrected chi connectivity index (χ3v) is 3.79. The molecule has 2 unspecified atom stereocenters. The van der Waals surface area contributed by atoms with Crippen LogP contribution in [0, 0.1) is 5.92 Å². The molecule has 0 aromatic rings. The summed E-state index contributed by atoms with van der Waals surface area (Å²) >= 11 is 0. The molecule has 0 saturated carbocycles. The highest BCUT2D eigenvalue weighted by Crippen LogP contribution is 2.43. The molecule has 88 valence electrons. The minimum atomic E-state index is -3.61. The van der Waals surface area contributed by atoms with Gasteiger partial charge in [0.2, 0.25) is 7.37 Å². The maximum absolute atomic E-state index is 11.4. The van der Waals surface area contributed by atoms with Gasteiger partial charge in [0.25, 0.3) is 0 Å². The summed E-state index contributed by atoms with van der Waals surface area (Å²) in [6.07, 6.45) is -1.08. The van der Waals surface area contributed by atoms with Gasteiger partial charge in [-0.2, -0.15) is 5.90 Å². The predicted molar refractivity (Wildman–Crippen MR) is 51.3 cm³/mol. The Kier molecular flexibility index (Phi) is 5.49. The van der Waals surface area contributed by atoms with Gasteiger partial charge in [-0.15, -0.1) is 0 Å². The van der Waals surface area contributed by atoms with Crippen molar-refractivity contribution >= 4 is 19.3 Å². The van der Waals surface area contributed by atoms with Crippen LogP contribution >= 0.6 is 7.37 Å². The third-order valence-electron chi connectivity index (χ3n) is 1.75. The summed E-state index contributed by atoms with van der Waals surface area (Å²) in [6, 6.07) is 0. The Labute approximate surface area is 86.6 Å². The lowest BCUT2D eigenvalue weighted by molar-refractivity contribution is -0.147. The van der Waals surface area contributed by atoms with Crippen molar-refractivity contribution in [3.63, 3.8) is 0 Å². The maximum atomic E-state index is 11.4. The molecule has 0 amide bonds. The first-order valence-electron chi connectivity index (χ1n) is 4.21. The van der Waals surface area contributed by atoms with Gasteiger partial charge in [-0.05, 0) is 0 Å². The summed E-state index contributed by atoms with van der Waals surface area (Å²) in [5.74, 6) is 1.83. The lowest BCUT2D eigenvalue weighted by Crippen LogP contribution is -2.22. The van der Waals surface area contributed by atoms with Crippen LogP contribution in [0.15, 0.2) is 0 Å². The average Bonchev–Trinajstić information content (AvgIpc) is 2.13. The van der Waals surface area contributed by atoms with Crippen LogP contribution in [0.1, 0.15) is 13.3 Å². The molecule has 0 aliphatic heterocycles. The van der Waals surface area contributed by atoms with Gasteiger partial charge in [0.15, 0.2) is 0 Å². The number of rotatable bonds is 6. The molecule has 0 bridgehead atoms. The first-order chi connectivity index (χ1) is 6.78. The first-order valence-corrected chi connectivity index (χ1v) is 6.24. The predicted octanol–water partition coefficient (Wildman–Crippen LogP) is -0.216. The zero-order chi connectivity index (χ0) is 12.1. The number of carbonyl (C=O) groups is 2. The van der Waals surface area contributed by atoms with Crippen LogP contribution in [0.2, 0.25) is 0 Å². The summed E-state index contributed by atoms with van der Waals surface area (Å²) in [7, 11) is -3.61. The first kappa shape index (κ1) is 14.1. The van der Waals surface area contributed by atoms with Crippen molar-refractivity contribution in [1.29, 1.82) is 0 Å². The molecular formula is C7H14NO6P. The van der Waals surface area contributed by atoms with Crippen LogP contribution in [-0.2, 0) is 19.0 Å². The Balaban J connectivity index is 4.19. The highest BCUT2D eigenvalue weighted by atomic mass is 31.2. The number of hydrogen-bond acceptors (Lipinski definition) is 5. The molecule has 0 heterocycles. The quantitative estimate of drug-likeness (QED) is 0.432. The Morgan fingerprint density at radius 3 is 2.47 bits per heavy atom. The van der Waals surface area contributed by atoms with Crippen molar-refractivity contribution in [2.45, 2.75) is 13.3 Å². The van der Waals surface area contributed by atoms with E-state index in [9.17, 15) is 19.0 Å². The Morgan fingerprint density at radius 1 is 1.53 bits per heavy atom. The molecule has 0 aromatic heterocycles. The molecule has 15 heavy (non-hydrogen) atoms. The van der Waals surface area contributed by atoms with E-state index in [1.165, 1.54) is 6.92 Å². The molecule has 0 rings (SSSR count). The highest BCUT2D eigenvalue weighted by molar-refractivity contribution is 7.58. The van der Waals surface area contributed by atoms with E-state index < -0.39 is 31.6 Å². The summed E-state index contributed by atoms with van der Waals surface area (Å²) in [5.41, 5.74) is 0. The SMILES string of the molecule is CC(CP(=O)(O)CCC(=O)O)C(=O)ON. The van der Waals surface area contributed by atoms with E-state index in [1.54, 1.807) is 0 Å². The van der Waals surface area contributed by atoms with Gasteiger partial charge in [-0.1, -0.05) is 6.92 Å². The van der Waals surface area contributed by atoms with E-state index in [4.69, 9.17) is 5.11 Å². The summed E-state index contributed by atoms with van der Waals surface area (Å²) in [4.78, 5) is 34.2. The number of carboxylic acids is 1. The molecule has 0 saturated heterocycles. The fourth-order valence-corrected chi connectivity index (χ4v) is 2.71. The Bertz CT molecular complexity index is 291. The maximum Gasteiger partial charge on any atom is 0.327 e. The van der Waals surface area contributed by atoms with E-state index in [2.05, 4.69) is 10.7 Å². The van der Waals surface area contributed by atoms with Crippen LogP contribution in [0.5, 0.6) is 0 Å². The Hall–Kier alpha value is -0.910. The number of carbonyl (C=O) groups excluding carboxylic acids is 1. The number of carboxylic acid groups (broad SMARTS) is 1. The van der Waals surface area contributed by atoms with Crippen molar-refractivity contribution in [1.82, 2.24) is 0 Å².